The second kappa shape index (κ2) is 15.3. The van der Waals surface area contributed by atoms with Crippen molar-refractivity contribution < 1.29 is 94.5 Å². The molecule has 0 unspecified atom stereocenters. The van der Waals surface area contributed by atoms with Gasteiger partial charge in [0, 0.05) is 0 Å². The zero-order chi connectivity index (χ0) is 31.5. The van der Waals surface area contributed by atoms with Crippen molar-refractivity contribution in [3.05, 3.63) is 0 Å². The normalized spacial score (nSPS) is 47.0. The Kier molecular flexibility index (Phi) is 12.9. The fourth-order valence-electron chi connectivity index (χ4n) is 4.82. The van der Waals surface area contributed by atoms with Crippen molar-refractivity contribution in [2.75, 3.05) is 19.8 Å². The van der Waals surface area contributed by atoms with E-state index < -0.39 is 130 Å². The molecule has 3 aliphatic rings. The molecule has 19 heteroatoms. The van der Waals surface area contributed by atoms with Crippen LogP contribution < -0.4 is 0 Å². The van der Waals surface area contributed by atoms with Gasteiger partial charge in [-0.3, -0.25) is 0 Å². The van der Waals surface area contributed by atoms with Crippen molar-refractivity contribution in [3.63, 3.8) is 0 Å². The maximum absolute atomic E-state index is 11.1. The average Bonchev–Trinajstić information content (AvgIpc) is 2.98. The van der Waals surface area contributed by atoms with E-state index in [-0.39, 0.29) is 6.29 Å². The van der Waals surface area contributed by atoms with E-state index in [2.05, 4.69) is 0 Å². The van der Waals surface area contributed by atoms with Gasteiger partial charge in [-0.25, -0.2) is 0 Å². The van der Waals surface area contributed by atoms with Crippen LogP contribution in [0.15, 0.2) is 0 Å². The lowest BCUT2D eigenvalue weighted by Gasteiger charge is -2.48. The van der Waals surface area contributed by atoms with Gasteiger partial charge in [0.2, 0.25) is 0 Å². The number of aldehydes is 1. The van der Waals surface area contributed by atoms with Crippen molar-refractivity contribution in [1.82, 2.24) is 0 Å². The van der Waals surface area contributed by atoms with Gasteiger partial charge >= 0.3 is 0 Å². The molecular weight excluding hydrogens is 580 g/mol. The minimum absolute atomic E-state index is 0.00709. The standard InChI is InChI=1S/C23H40O19/c1-6-11(30)19(16(35)22(37-6)40-18(7(28)2-24)8(29)3-25)41-23-17(36)20(13(32)10(5-27)39-23)42-21-15(34)14(33)12(31)9(4-26)38-21/h2,6-23,25-36H,3-5H2,1H3/t6-,7-,8+,9+,10+,11-,12-,13+,14-,15+,16+,17+,18-,19+,20-,21+,22+,23+/m0/s1. The van der Waals surface area contributed by atoms with E-state index in [0.717, 1.165) is 0 Å². The molecular formula is C23H40O19. The summed E-state index contributed by atoms with van der Waals surface area (Å²) in [5.74, 6) is 0. The second-order valence-electron chi connectivity index (χ2n) is 10.3. The molecule has 246 valence electrons. The van der Waals surface area contributed by atoms with E-state index in [1.807, 2.05) is 0 Å². The smallest absolute Gasteiger partial charge is 0.187 e. The highest BCUT2D eigenvalue weighted by molar-refractivity contribution is 5.56. The van der Waals surface area contributed by atoms with Crippen LogP contribution in [0.5, 0.6) is 0 Å². The van der Waals surface area contributed by atoms with Crippen molar-refractivity contribution in [3.8, 4) is 0 Å². The minimum Gasteiger partial charge on any atom is -0.394 e. The second-order valence-corrected chi connectivity index (χ2v) is 10.3. The van der Waals surface area contributed by atoms with E-state index >= 15 is 0 Å². The Labute approximate surface area is 238 Å². The van der Waals surface area contributed by atoms with Gasteiger partial charge in [-0.05, 0) is 6.92 Å². The first-order valence-corrected chi connectivity index (χ1v) is 13.1. The summed E-state index contributed by atoms with van der Waals surface area (Å²) >= 11 is 0. The van der Waals surface area contributed by atoms with Gasteiger partial charge in [0.15, 0.2) is 25.2 Å². The number of carbonyl (C=O) groups is 1. The highest BCUT2D eigenvalue weighted by atomic mass is 16.8. The minimum atomic E-state index is -1.99. The molecule has 12 N–H and O–H groups in total. The quantitative estimate of drug-likeness (QED) is 0.0901. The van der Waals surface area contributed by atoms with E-state index in [0.29, 0.717) is 0 Å². The molecule has 0 aliphatic carbocycles. The maximum Gasteiger partial charge on any atom is 0.187 e. The number of aliphatic hydroxyl groups is 12. The van der Waals surface area contributed by atoms with Gasteiger partial charge in [0.05, 0.1) is 25.9 Å². The Morgan fingerprint density at radius 3 is 1.69 bits per heavy atom. The van der Waals surface area contributed by atoms with Crippen LogP contribution in [0.1, 0.15) is 6.92 Å². The first kappa shape index (κ1) is 35.4. The zero-order valence-corrected chi connectivity index (χ0v) is 22.3. The predicted octanol–water partition coefficient (Wildman–Crippen LogP) is -8.24. The molecule has 3 heterocycles. The lowest BCUT2D eigenvalue weighted by Crippen LogP contribution is -2.66. The third-order valence-electron chi connectivity index (χ3n) is 7.37. The first-order chi connectivity index (χ1) is 19.8. The number of ether oxygens (including phenoxy) is 6. The molecule has 0 saturated carbocycles. The SMILES string of the molecule is C[C@@H]1O[C@H](O[C@H]([C@H](O)CO)[C@@H](O)C=O)[C@H](O)[C@H](O[C@H]2O[C@H](CO)[C@@H](O)[C@H](O[C@H]3O[C@H](CO)[C@H](O)[C@H](O)[C@H]3O)[C@H]2O)[C@H]1O. The number of hydrogen-bond donors (Lipinski definition) is 12. The van der Waals surface area contributed by atoms with Gasteiger partial charge in [0.25, 0.3) is 0 Å². The zero-order valence-electron chi connectivity index (χ0n) is 22.3. The number of hydrogen-bond acceptors (Lipinski definition) is 19. The molecule has 0 aromatic heterocycles. The third kappa shape index (κ3) is 7.42. The average molecular weight is 621 g/mol. The summed E-state index contributed by atoms with van der Waals surface area (Å²) in [5, 5.41) is 122. The lowest BCUT2D eigenvalue weighted by molar-refractivity contribution is -0.382. The van der Waals surface area contributed by atoms with Crippen LogP contribution in [-0.4, -0.2) is 198 Å². The largest absolute Gasteiger partial charge is 0.394 e. The predicted molar refractivity (Wildman–Crippen MR) is 128 cm³/mol. The molecule has 18 atom stereocenters. The molecule has 0 bridgehead atoms. The summed E-state index contributed by atoms with van der Waals surface area (Å²) < 4.78 is 32.5. The topological polar surface area (TPSA) is 315 Å². The molecule has 3 rings (SSSR count). The monoisotopic (exact) mass is 620 g/mol. The van der Waals surface area contributed by atoms with Crippen molar-refractivity contribution in [2.24, 2.45) is 0 Å². The van der Waals surface area contributed by atoms with Crippen LogP contribution in [0, 0.1) is 0 Å². The van der Waals surface area contributed by atoms with E-state index in [4.69, 9.17) is 28.4 Å². The molecule has 3 saturated heterocycles. The third-order valence-corrected chi connectivity index (χ3v) is 7.37. The number of aliphatic hydroxyl groups excluding tert-OH is 12. The maximum atomic E-state index is 11.1. The van der Waals surface area contributed by atoms with E-state index in [1.165, 1.54) is 6.92 Å². The molecule has 19 nitrogen and oxygen atoms in total. The number of carbonyl (C=O) groups excluding carboxylic acids is 1. The van der Waals surface area contributed by atoms with Gasteiger partial charge in [-0.2, -0.15) is 0 Å². The van der Waals surface area contributed by atoms with E-state index in [1.54, 1.807) is 0 Å². The molecule has 0 aromatic carbocycles. The highest BCUT2D eigenvalue weighted by Crippen LogP contribution is 2.33. The summed E-state index contributed by atoms with van der Waals surface area (Å²) in [4.78, 5) is 11.1. The Bertz CT molecular complexity index is 836. The fourth-order valence-corrected chi connectivity index (χ4v) is 4.82. The summed E-state index contributed by atoms with van der Waals surface area (Å²) in [7, 11) is 0. The van der Waals surface area contributed by atoms with Crippen LogP contribution in [0.2, 0.25) is 0 Å². The van der Waals surface area contributed by atoms with Gasteiger partial charge in [0.1, 0.15) is 85.5 Å². The number of rotatable bonds is 12. The summed E-state index contributed by atoms with van der Waals surface area (Å²) in [6.45, 7) is -1.29. The summed E-state index contributed by atoms with van der Waals surface area (Å²) in [6.07, 6.45) is -31.5. The van der Waals surface area contributed by atoms with Crippen molar-refractivity contribution in [2.45, 2.75) is 117 Å². The van der Waals surface area contributed by atoms with Gasteiger partial charge in [-0.15, -0.1) is 0 Å². The summed E-state index contributed by atoms with van der Waals surface area (Å²) in [6, 6.07) is 0. The Morgan fingerprint density at radius 2 is 1.17 bits per heavy atom. The Balaban J connectivity index is 1.80. The van der Waals surface area contributed by atoms with Crippen LogP contribution in [0.4, 0.5) is 0 Å². The van der Waals surface area contributed by atoms with Crippen molar-refractivity contribution >= 4 is 6.29 Å². The molecule has 42 heavy (non-hydrogen) atoms. The molecule has 0 aromatic rings. The van der Waals surface area contributed by atoms with Crippen LogP contribution >= 0.6 is 0 Å². The highest BCUT2D eigenvalue weighted by Gasteiger charge is 2.54. The first-order valence-electron chi connectivity index (χ1n) is 13.1. The molecule has 3 aliphatic heterocycles. The summed E-state index contributed by atoms with van der Waals surface area (Å²) in [5.41, 5.74) is 0. The fraction of sp³-hybridized carbons (Fsp3) is 0.957. The van der Waals surface area contributed by atoms with Crippen LogP contribution in [-0.2, 0) is 33.2 Å². The molecule has 0 radical (unpaired) electrons. The van der Waals surface area contributed by atoms with Crippen LogP contribution in [0.3, 0.4) is 0 Å². The van der Waals surface area contributed by atoms with E-state index in [9.17, 15) is 66.1 Å². The van der Waals surface area contributed by atoms with Gasteiger partial charge < -0.3 is 94.5 Å². The van der Waals surface area contributed by atoms with Crippen molar-refractivity contribution in [1.29, 1.82) is 0 Å². The lowest BCUT2D eigenvalue weighted by atomic mass is 9.96. The van der Waals surface area contributed by atoms with Gasteiger partial charge in [-0.1, -0.05) is 0 Å². The Morgan fingerprint density at radius 1 is 0.667 bits per heavy atom. The Hall–Kier alpha value is -1.05. The molecule has 3 fully saturated rings. The molecule has 0 spiro atoms. The van der Waals surface area contributed by atoms with Crippen LogP contribution in [0.25, 0.3) is 0 Å². The molecule has 0 amide bonds.